The van der Waals surface area contributed by atoms with Gasteiger partial charge in [-0.2, -0.15) is 0 Å². The highest BCUT2D eigenvalue weighted by atomic mass is 19.1. The Hall–Kier alpha value is -4.00. The molecule has 2 aromatic carbocycles. The van der Waals surface area contributed by atoms with E-state index in [-0.39, 0.29) is 23.7 Å². The molecule has 2 N–H and O–H groups in total. The van der Waals surface area contributed by atoms with Crippen LogP contribution in [0.1, 0.15) is 42.4 Å². The van der Waals surface area contributed by atoms with Crippen LogP contribution in [0, 0.1) is 5.82 Å². The summed E-state index contributed by atoms with van der Waals surface area (Å²) in [4.78, 5) is 35.7. The number of ether oxygens (including phenoxy) is 1. The number of nitrogens with one attached hydrogen (secondary N) is 2. The number of carbonyl (C=O) groups excluding carboxylic acids is 3. The molecule has 0 atom stereocenters. The van der Waals surface area contributed by atoms with Gasteiger partial charge in [0.25, 0.3) is 5.91 Å². The highest BCUT2D eigenvalue weighted by Crippen LogP contribution is 2.24. The number of hydrogen-bond donors (Lipinski definition) is 2. The zero-order valence-electron chi connectivity index (χ0n) is 19.6. The minimum Gasteiger partial charge on any atom is -0.466 e. The van der Waals surface area contributed by atoms with Crippen LogP contribution in [0.2, 0.25) is 0 Å². The molecule has 1 aliphatic carbocycles. The lowest BCUT2D eigenvalue weighted by Gasteiger charge is -2.09. The standard InChI is InChI=1S/C28H29FN2O4/c1-35-27(33)5-3-2-4-18-30-26(32)17-10-20-6-8-21(9-7-20)19-25(28(34)31-24-15-16-24)22-11-13-23(29)14-12-22/h3,5-14,17,19,24H,2,4,15-16,18H2,1H3,(H,30,32)(H,31,34)/b5-3?,17-10?,25-19+. The van der Waals surface area contributed by atoms with E-state index in [0.29, 0.717) is 30.5 Å². The summed E-state index contributed by atoms with van der Waals surface area (Å²) in [6.07, 6.45) is 11.3. The second-order valence-corrected chi connectivity index (χ2v) is 8.17. The third kappa shape index (κ3) is 9.04. The Morgan fingerprint density at radius 2 is 1.69 bits per heavy atom. The van der Waals surface area contributed by atoms with E-state index in [4.69, 9.17) is 0 Å². The molecule has 7 heteroatoms. The smallest absolute Gasteiger partial charge is 0.330 e. The van der Waals surface area contributed by atoms with Crippen LogP contribution in [-0.2, 0) is 19.1 Å². The molecule has 6 nitrogen and oxygen atoms in total. The van der Waals surface area contributed by atoms with E-state index < -0.39 is 5.97 Å². The number of rotatable bonds is 11. The first-order chi connectivity index (χ1) is 16.9. The van der Waals surface area contributed by atoms with Crippen molar-refractivity contribution in [3.63, 3.8) is 0 Å². The van der Waals surface area contributed by atoms with Crippen molar-refractivity contribution in [2.75, 3.05) is 13.7 Å². The molecular weight excluding hydrogens is 447 g/mol. The second-order valence-electron chi connectivity index (χ2n) is 8.17. The molecule has 0 aliphatic heterocycles. The van der Waals surface area contributed by atoms with Crippen LogP contribution in [0.3, 0.4) is 0 Å². The van der Waals surface area contributed by atoms with Crippen LogP contribution in [0.15, 0.2) is 66.8 Å². The Balaban J connectivity index is 1.57. The number of halogens is 1. The summed E-state index contributed by atoms with van der Waals surface area (Å²) >= 11 is 0. The topological polar surface area (TPSA) is 84.5 Å². The van der Waals surface area contributed by atoms with Gasteiger partial charge >= 0.3 is 5.97 Å². The van der Waals surface area contributed by atoms with Crippen LogP contribution in [0.25, 0.3) is 17.7 Å². The van der Waals surface area contributed by atoms with Crippen molar-refractivity contribution < 1.29 is 23.5 Å². The van der Waals surface area contributed by atoms with E-state index in [2.05, 4.69) is 15.4 Å². The number of allylic oxidation sites excluding steroid dienone is 1. The molecular formula is C28H29FN2O4. The lowest BCUT2D eigenvalue weighted by molar-refractivity contribution is -0.134. The maximum Gasteiger partial charge on any atom is 0.330 e. The Bertz CT molecular complexity index is 1110. The SMILES string of the molecule is COC(=O)C=CCCCNC(=O)C=Cc1ccc(/C=C(/C(=O)NC2CC2)c2ccc(F)cc2)cc1. The summed E-state index contributed by atoms with van der Waals surface area (Å²) in [6.45, 7) is 0.494. The molecule has 3 rings (SSSR count). The molecule has 35 heavy (non-hydrogen) atoms. The van der Waals surface area contributed by atoms with Crippen molar-refractivity contribution in [2.24, 2.45) is 0 Å². The fourth-order valence-corrected chi connectivity index (χ4v) is 3.18. The third-order valence-electron chi connectivity index (χ3n) is 5.29. The minimum atomic E-state index is -0.397. The Labute approximate surface area is 204 Å². The first kappa shape index (κ1) is 25.6. The van der Waals surface area contributed by atoms with Crippen molar-refractivity contribution in [3.8, 4) is 0 Å². The zero-order chi connectivity index (χ0) is 25.0. The quantitative estimate of drug-likeness (QED) is 0.219. The Morgan fingerprint density at radius 1 is 1.00 bits per heavy atom. The summed E-state index contributed by atoms with van der Waals surface area (Å²) in [5.74, 6) is -1.14. The van der Waals surface area contributed by atoms with Crippen LogP contribution in [0.5, 0.6) is 0 Å². The molecule has 0 radical (unpaired) electrons. The molecule has 0 spiro atoms. The first-order valence-corrected chi connectivity index (χ1v) is 11.5. The lowest BCUT2D eigenvalue weighted by Crippen LogP contribution is -2.26. The molecule has 0 aromatic heterocycles. The first-order valence-electron chi connectivity index (χ1n) is 11.5. The molecule has 2 aromatic rings. The summed E-state index contributed by atoms with van der Waals surface area (Å²) in [6, 6.07) is 13.5. The fraction of sp³-hybridized carbons (Fsp3) is 0.250. The zero-order valence-corrected chi connectivity index (χ0v) is 19.6. The maximum absolute atomic E-state index is 13.4. The molecule has 0 bridgehead atoms. The van der Waals surface area contributed by atoms with E-state index in [1.54, 1.807) is 30.4 Å². The molecule has 1 fully saturated rings. The van der Waals surface area contributed by atoms with Gasteiger partial charge < -0.3 is 15.4 Å². The number of amides is 2. The summed E-state index contributed by atoms with van der Waals surface area (Å²) < 4.78 is 17.9. The van der Waals surface area contributed by atoms with Crippen LogP contribution in [-0.4, -0.2) is 37.5 Å². The van der Waals surface area contributed by atoms with Gasteiger partial charge in [-0.25, -0.2) is 9.18 Å². The van der Waals surface area contributed by atoms with Gasteiger partial charge in [0.05, 0.1) is 7.11 Å². The van der Waals surface area contributed by atoms with Gasteiger partial charge in [0, 0.05) is 30.3 Å². The highest BCUT2D eigenvalue weighted by Gasteiger charge is 2.25. The molecule has 0 saturated heterocycles. The predicted octanol–water partition coefficient (Wildman–Crippen LogP) is 4.28. The maximum atomic E-state index is 13.4. The van der Waals surface area contributed by atoms with Crippen LogP contribution in [0.4, 0.5) is 4.39 Å². The van der Waals surface area contributed by atoms with Crippen molar-refractivity contribution in [1.82, 2.24) is 10.6 Å². The Kier molecular flexibility index (Phi) is 9.54. The number of esters is 1. The van der Waals surface area contributed by atoms with E-state index in [1.807, 2.05) is 24.3 Å². The van der Waals surface area contributed by atoms with Crippen molar-refractivity contribution >= 4 is 35.5 Å². The number of unbranched alkanes of at least 4 members (excludes halogenated alkanes) is 1. The Morgan fingerprint density at radius 3 is 2.34 bits per heavy atom. The molecule has 0 heterocycles. The largest absolute Gasteiger partial charge is 0.466 e. The van der Waals surface area contributed by atoms with E-state index in [9.17, 15) is 18.8 Å². The average molecular weight is 477 g/mol. The van der Waals surface area contributed by atoms with Gasteiger partial charge in [-0.05, 0) is 66.7 Å². The number of hydrogen-bond acceptors (Lipinski definition) is 4. The summed E-state index contributed by atoms with van der Waals surface area (Å²) in [5.41, 5.74) is 2.77. The molecule has 1 saturated carbocycles. The van der Waals surface area contributed by atoms with Crippen LogP contribution >= 0.6 is 0 Å². The normalized spacial score (nSPS) is 13.7. The number of methoxy groups -OCH3 is 1. The minimum absolute atomic E-state index is 0.180. The van der Waals surface area contributed by atoms with Gasteiger partial charge in [-0.15, -0.1) is 0 Å². The second kappa shape index (κ2) is 13.0. The van der Waals surface area contributed by atoms with Gasteiger partial charge in [0.1, 0.15) is 5.82 Å². The van der Waals surface area contributed by atoms with Gasteiger partial charge in [-0.3, -0.25) is 9.59 Å². The van der Waals surface area contributed by atoms with Gasteiger partial charge in [-0.1, -0.05) is 42.5 Å². The third-order valence-corrected chi connectivity index (χ3v) is 5.29. The number of carbonyl (C=O) groups is 3. The van der Waals surface area contributed by atoms with Gasteiger partial charge in [0.2, 0.25) is 5.91 Å². The van der Waals surface area contributed by atoms with E-state index in [0.717, 1.165) is 24.0 Å². The predicted molar refractivity (Wildman–Crippen MR) is 134 cm³/mol. The summed E-state index contributed by atoms with van der Waals surface area (Å²) in [7, 11) is 1.32. The molecule has 2 amide bonds. The van der Waals surface area contributed by atoms with E-state index in [1.165, 1.54) is 31.4 Å². The molecule has 182 valence electrons. The molecule has 0 unspecified atom stereocenters. The van der Waals surface area contributed by atoms with Crippen molar-refractivity contribution in [3.05, 3.63) is 89.3 Å². The summed E-state index contributed by atoms with van der Waals surface area (Å²) in [5, 5.41) is 5.78. The fourth-order valence-electron chi connectivity index (χ4n) is 3.18. The lowest BCUT2D eigenvalue weighted by atomic mass is 10.0. The number of benzene rings is 2. The molecule has 1 aliphatic rings. The van der Waals surface area contributed by atoms with E-state index >= 15 is 0 Å². The highest BCUT2D eigenvalue weighted by molar-refractivity contribution is 6.24. The average Bonchev–Trinajstić information content (AvgIpc) is 3.68. The monoisotopic (exact) mass is 476 g/mol. The van der Waals surface area contributed by atoms with Gasteiger partial charge in [0.15, 0.2) is 0 Å². The van der Waals surface area contributed by atoms with Crippen LogP contribution < -0.4 is 10.6 Å². The van der Waals surface area contributed by atoms with Crippen molar-refractivity contribution in [2.45, 2.75) is 31.7 Å². The van der Waals surface area contributed by atoms with Crippen molar-refractivity contribution in [1.29, 1.82) is 0 Å².